The average molecular weight is 320 g/mol. The molecule has 1 aliphatic rings. The zero-order valence-corrected chi connectivity index (χ0v) is 13.6. The van der Waals surface area contributed by atoms with Gasteiger partial charge in [0, 0.05) is 30.6 Å². The highest BCUT2D eigenvalue weighted by atomic mass is 32.1. The van der Waals surface area contributed by atoms with Crippen molar-refractivity contribution in [3.63, 3.8) is 0 Å². The number of aromatic nitrogens is 1. The standard InChI is InChI=1S/C16H20N2O3S/c1-20-14-4-3-11(7-15(14)21-2)16-17-12(10-22-16)8-18-6-5-13(19)9-18/h3-4,7,10,13,19H,5-6,8-9H2,1-2H3/t13-/m0/s1. The SMILES string of the molecule is COc1ccc(-c2nc(CN3CC[C@H](O)C3)cs2)cc1OC. The van der Waals surface area contributed by atoms with Crippen LogP contribution in [0, 0.1) is 0 Å². The molecule has 1 N–H and O–H groups in total. The van der Waals surface area contributed by atoms with E-state index in [1.54, 1.807) is 25.6 Å². The molecule has 22 heavy (non-hydrogen) atoms. The van der Waals surface area contributed by atoms with E-state index in [-0.39, 0.29) is 6.10 Å². The van der Waals surface area contributed by atoms with E-state index in [0.29, 0.717) is 11.5 Å². The van der Waals surface area contributed by atoms with Gasteiger partial charge in [0.25, 0.3) is 0 Å². The van der Waals surface area contributed by atoms with Crippen LogP contribution < -0.4 is 9.47 Å². The summed E-state index contributed by atoms with van der Waals surface area (Å²) in [5, 5.41) is 12.6. The largest absolute Gasteiger partial charge is 0.493 e. The summed E-state index contributed by atoms with van der Waals surface area (Å²) in [6.07, 6.45) is 0.663. The topological polar surface area (TPSA) is 54.8 Å². The van der Waals surface area contributed by atoms with Gasteiger partial charge in [-0.05, 0) is 24.6 Å². The van der Waals surface area contributed by atoms with Crippen molar-refractivity contribution in [3.05, 3.63) is 29.3 Å². The van der Waals surface area contributed by atoms with Crippen LogP contribution >= 0.6 is 11.3 Å². The summed E-state index contributed by atoms with van der Waals surface area (Å²) in [6.45, 7) is 2.47. The minimum Gasteiger partial charge on any atom is -0.493 e. The smallest absolute Gasteiger partial charge is 0.161 e. The molecule has 1 aromatic carbocycles. The Hall–Kier alpha value is -1.63. The predicted molar refractivity (Wildman–Crippen MR) is 86.6 cm³/mol. The van der Waals surface area contributed by atoms with Gasteiger partial charge >= 0.3 is 0 Å². The van der Waals surface area contributed by atoms with Gasteiger partial charge in [0.15, 0.2) is 11.5 Å². The normalized spacial score (nSPS) is 18.6. The Morgan fingerprint density at radius 2 is 2.14 bits per heavy atom. The van der Waals surface area contributed by atoms with Gasteiger partial charge in [0.05, 0.1) is 26.0 Å². The molecule has 0 bridgehead atoms. The van der Waals surface area contributed by atoms with Crippen molar-refractivity contribution in [2.75, 3.05) is 27.3 Å². The van der Waals surface area contributed by atoms with E-state index in [4.69, 9.17) is 14.5 Å². The summed E-state index contributed by atoms with van der Waals surface area (Å²) >= 11 is 1.62. The lowest BCUT2D eigenvalue weighted by molar-refractivity contribution is 0.174. The molecule has 1 aliphatic heterocycles. The molecule has 118 valence electrons. The molecule has 1 fully saturated rings. The Labute approximate surface area is 134 Å². The third-order valence-electron chi connectivity index (χ3n) is 3.82. The fraction of sp³-hybridized carbons (Fsp3) is 0.438. The molecule has 3 rings (SSSR count). The first kappa shape index (κ1) is 15.3. The molecule has 1 atom stereocenters. The molecule has 2 aromatic rings. The van der Waals surface area contributed by atoms with Crippen molar-refractivity contribution in [1.82, 2.24) is 9.88 Å². The Bertz CT molecular complexity index is 644. The zero-order valence-electron chi connectivity index (χ0n) is 12.8. The van der Waals surface area contributed by atoms with Gasteiger partial charge in [-0.2, -0.15) is 0 Å². The lowest BCUT2D eigenvalue weighted by Crippen LogP contribution is -2.21. The number of likely N-dealkylation sites (tertiary alicyclic amines) is 1. The highest BCUT2D eigenvalue weighted by molar-refractivity contribution is 7.13. The van der Waals surface area contributed by atoms with E-state index in [1.165, 1.54) is 0 Å². The zero-order chi connectivity index (χ0) is 15.5. The van der Waals surface area contributed by atoms with Gasteiger partial charge in [-0.1, -0.05) is 0 Å². The summed E-state index contributed by atoms with van der Waals surface area (Å²) in [4.78, 5) is 6.93. The van der Waals surface area contributed by atoms with Gasteiger partial charge in [-0.15, -0.1) is 11.3 Å². The molecule has 6 heteroatoms. The summed E-state index contributed by atoms with van der Waals surface area (Å²) in [7, 11) is 3.26. The van der Waals surface area contributed by atoms with Crippen molar-refractivity contribution >= 4 is 11.3 Å². The van der Waals surface area contributed by atoms with Crippen LogP contribution in [0.5, 0.6) is 11.5 Å². The van der Waals surface area contributed by atoms with E-state index in [2.05, 4.69) is 10.3 Å². The van der Waals surface area contributed by atoms with E-state index < -0.39 is 0 Å². The quantitative estimate of drug-likeness (QED) is 0.917. The van der Waals surface area contributed by atoms with Crippen LogP contribution in [0.4, 0.5) is 0 Å². The number of hydrogen-bond acceptors (Lipinski definition) is 6. The van der Waals surface area contributed by atoms with Crippen molar-refractivity contribution in [1.29, 1.82) is 0 Å². The van der Waals surface area contributed by atoms with E-state index >= 15 is 0 Å². The van der Waals surface area contributed by atoms with Crippen molar-refractivity contribution in [3.8, 4) is 22.1 Å². The summed E-state index contributed by atoms with van der Waals surface area (Å²) < 4.78 is 10.6. The Morgan fingerprint density at radius 1 is 1.32 bits per heavy atom. The number of rotatable bonds is 5. The minimum atomic E-state index is -0.191. The molecule has 0 amide bonds. The molecule has 5 nitrogen and oxygen atoms in total. The third kappa shape index (κ3) is 3.24. The van der Waals surface area contributed by atoms with Crippen LogP contribution in [0.25, 0.3) is 10.6 Å². The highest BCUT2D eigenvalue weighted by Gasteiger charge is 2.21. The number of nitrogens with zero attached hydrogens (tertiary/aromatic N) is 2. The highest BCUT2D eigenvalue weighted by Crippen LogP contribution is 2.33. The van der Waals surface area contributed by atoms with Crippen molar-refractivity contribution in [2.24, 2.45) is 0 Å². The number of β-amino-alcohol motifs (C(OH)–C–C–N with tert-alkyl or cyclic N) is 1. The predicted octanol–water partition coefficient (Wildman–Crippen LogP) is 2.39. The Kier molecular flexibility index (Phi) is 4.61. The number of ether oxygens (including phenoxy) is 2. The van der Waals surface area contributed by atoms with Crippen LogP contribution in [0.3, 0.4) is 0 Å². The van der Waals surface area contributed by atoms with Gasteiger partial charge in [-0.3, -0.25) is 4.90 Å². The number of aliphatic hydroxyl groups is 1. The molecule has 0 aliphatic carbocycles. The second kappa shape index (κ2) is 6.64. The maximum absolute atomic E-state index is 9.58. The van der Waals surface area contributed by atoms with Crippen LogP contribution in [0.15, 0.2) is 23.6 Å². The molecule has 0 saturated carbocycles. The lowest BCUT2D eigenvalue weighted by Gasteiger charge is -2.12. The van der Waals surface area contributed by atoms with E-state index in [0.717, 1.165) is 42.3 Å². The van der Waals surface area contributed by atoms with Crippen molar-refractivity contribution in [2.45, 2.75) is 19.1 Å². The van der Waals surface area contributed by atoms with Gasteiger partial charge in [0.2, 0.25) is 0 Å². The molecule has 1 saturated heterocycles. The number of aliphatic hydroxyl groups excluding tert-OH is 1. The van der Waals surface area contributed by atoms with Gasteiger partial charge < -0.3 is 14.6 Å². The summed E-state index contributed by atoms with van der Waals surface area (Å²) in [5.41, 5.74) is 2.07. The molecular weight excluding hydrogens is 300 g/mol. The third-order valence-corrected chi connectivity index (χ3v) is 4.76. The van der Waals surface area contributed by atoms with Crippen LogP contribution in [-0.4, -0.2) is 48.4 Å². The fourth-order valence-electron chi connectivity index (χ4n) is 2.67. The molecule has 0 spiro atoms. The average Bonchev–Trinajstić information content (AvgIpc) is 3.16. The van der Waals surface area contributed by atoms with Crippen molar-refractivity contribution < 1.29 is 14.6 Å². The van der Waals surface area contributed by atoms with Crippen LogP contribution in [0.2, 0.25) is 0 Å². The molecule has 0 unspecified atom stereocenters. The summed E-state index contributed by atoms with van der Waals surface area (Å²) in [5.74, 6) is 1.42. The second-order valence-electron chi connectivity index (χ2n) is 5.39. The molecule has 1 aromatic heterocycles. The van der Waals surface area contributed by atoms with Crippen LogP contribution in [-0.2, 0) is 6.54 Å². The number of hydrogen-bond donors (Lipinski definition) is 1. The maximum Gasteiger partial charge on any atom is 0.161 e. The minimum absolute atomic E-state index is 0.191. The first-order valence-corrected chi connectivity index (χ1v) is 8.15. The molecule has 0 radical (unpaired) electrons. The first-order chi connectivity index (χ1) is 10.7. The maximum atomic E-state index is 9.58. The first-order valence-electron chi connectivity index (χ1n) is 7.27. The van der Waals surface area contributed by atoms with Gasteiger partial charge in [0.1, 0.15) is 5.01 Å². The second-order valence-corrected chi connectivity index (χ2v) is 6.25. The van der Waals surface area contributed by atoms with Crippen LogP contribution in [0.1, 0.15) is 12.1 Å². The van der Waals surface area contributed by atoms with E-state index in [9.17, 15) is 5.11 Å². The molecular formula is C16H20N2O3S. The van der Waals surface area contributed by atoms with E-state index in [1.807, 2.05) is 18.2 Å². The Balaban J connectivity index is 1.75. The summed E-state index contributed by atoms with van der Waals surface area (Å²) in [6, 6.07) is 5.83. The number of benzene rings is 1. The fourth-order valence-corrected chi connectivity index (χ4v) is 3.47. The monoisotopic (exact) mass is 320 g/mol. The number of methoxy groups -OCH3 is 2. The molecule has 2 heterocycles. The van der Waals surface area contributed by atoms with Gasteiger partial charge in [-0.25, -0.2) is 4.98 Å². The Morgan fingerprint density at radius 3 is 2.82 bits per heavy atom. The number of thiazole rings is 1. The lowest BCUT2D eigenvalue weighted by atomic mass is 10.2.